The molecule has 0 aliphatic carbocycles. The van der Waals surface area contributed by atoms with Crippen LogP contribution < -0.4 is 0 Å². The zero-order valence-corrected chi connectivity index (χ0v) is 9.41. The highest BCUT2D eigenvalue weighted by Gasteiger charge is 2.33. The molecule has 0 spiro atoms. The molecule has 0 unspecified atom stereocenters. The molecule has 0 saturated heterocycles. The highest BCUT2D eigenvalue weighted by Crippen LogP contribution is 2.27. The fraction of sp³-hybridized carbons (Fsp3) is 0.333. The Kier molecular flexibility index (Phi) is 3.23. The summed E-state index contributed by atoms with van der Waals surface area (Å²) in [4.78, 5) is 9.81. The van der Waals surface area contributed by atoms with E-state index in [0.717, 1.165) is 16.9 Å². The first-order chi connectivity index (χ1) is 8.86. The van der Waals surface area contributed by atoms with Crippen molar-refractivity contribution in [1.29, 1.82) is 0 Å². The van der Waals surface area contributed by atoms with Crippen LogP contribution in [0.25, 0.3) is 0 Å². The summed E-state index contributed by atoms with van der Waals surface area (Å²) in [5.74, 6) is 0. The lowest BCUT2D eigenvalue weighted by Crippen LogP contribution is -2.11. The fourth-order valence-corrected chi connectivity index (χ4v) is 1.41. The zero-order chi connectivity index (χ0) is 14.0. The van der Waals surface area contributed by atoms with E-state index >= 15 is 0 Å². The van der Waals surface area contributed by atoms with Gasteiger partial charge in [0.25, 0.3) is 0 Å². The van der Waals surface area contributed by atoms with Gasteiger partial charge in [-0.1, -0.05) is 0 Å². The molecule has 0 amide bonds. The largest absolute Gasteiger partial charge is 0.435 e. The molecule has 2 aromatic heterocycles. The predicted molar refractivity (Wildman–Crippen MR) is 56.1 cm³/mol. The minimum Gasteiger partial charge on any atom is -0.270 e. The Bertz CT molecular complexity index is 589. The molecule has 19 heavy (non-hydrogen) atoms. The summed E-state index contributed by atoms with van der Waals surface area (Å²) in [6.45, 7) is 0.321. The van der Waals surface area contributed by atoms with Crippen LogP contribution in [0.1, 0.15) is 5.69 Å². The molecule has 0 atom stereocenters. The molecule has 2 aromatic rings. The SMILES string of the molecule is O=[N+]([O-])c1cnn(CCn2ccc(C(F)(F)F)n2)c1. The van der Waals surface area contributed by atoms with Gasteiger partial charge in [0.2, 0.25) is 0 Å². The molecule has 0 fully saturated rings. The summed E-state index contributed by atoms with van der Waals surface area (Å²) in [6, 6.07) is 0.867. The fourth-order valence-electron chi connectivity index (χ4n) is 1.41. The van der Waals surface area contributed by atoms with Crippen molar-refractivity contribution in [3.8, 4) is 0 Å². The summed E-state index contributed by atoms with van der Waals surface area (Å²) >= 11 is 0. The number of alkyl halides is 3. The minimum atomic E-state index is -4.48. The maximum absolute atomic E-state index is 12.3. The second-order valence-electron chi connectivity index (χ2n) is 3.68. The van der Waals surface area contributed by atoms with Gasteiger partial charge in [-0.15, -0.1) is 0 Å². The first-order valence-corrected chi connectivity index (χ1v) is 5.14. The predicted octanol–water partition coefficient (Wildman–Crippen LogP) is 1.71. The number of aromatic nitrogens is 4. The van der Waals surface area contributed by atoms with Crippen LogP contribution in [0.4, 0.5) is 18.9 Å². The topological polar surface area (TPSA) is 78.8 Å². The van der Waals surface area contributed by atoms with Crippen molar-refractivity contribution >= 4 is 5.69 Å². The molecule has 2 rings (SSSR count). The highest BCUT2D eigenvalue weighted by atomic mass is 19.4. The average Bonchev–Trinajstić information content (AvgIpc) is 2.95. The van der Waals surface area contributed by atoms with E-state index in [1.807, 2.05) is 0 Å². The number of hydrogen-bond acceptors (Lipinski definition) is 4. The Labute approximate surface area is 104 Å². The van der Waals surface area contributed by atoms with E-state index in [1.54, 1.807) is 0 Å². The molecule has 0 aliphatic heterocycles. The average molecular weight is 275 g/mol. The molecule has 0 aromatic carbocycles. The summed E-state index contributed by atoms with van der Waals surface area (Å²) in [5, 5.41) is 17.5. The van der Waals surface area contributed by atoms with Gasteiger partial charge >= 0.3 is 11.9 Å². The van der Waals surface area contributed by atoms with Crippen molar-refractivity contribution in [2.45, 2.75) is 19.3 Å². The van der Waals surface area contributed by atoms with Gasteiger partial charge in [0.05, 0.1) is 18.0 Å². The van der Waals surface area contributed by atoms with Gasteiger partial charge in [-0.3, -0.25) is 19.5 Å². The van der Waals surface area contributed by atoms with Gasteiger partial charge in [0.1, 0.15) is 12.4 Å². The second-order valence-corrected chi connectivity index (χ2v) is 3.68. The van der Waals surface area contributed by atoms with Crippen molar-refractivity contribution in [2.75, 3.05) is 0 Å². The van der Waals surface area contributed by atoms with E-state index in [9.17, 15) is 23.3 Å². The summed E-state index contributed by atoms with van der Waals surface area (Å²) in [5.41, 5.74) is -1.14. The molecule has 0 saturated carbocycles. The van der Waals surface area contributed by atoms with E-state index < -0.39 is 16.8 Å². The van der Waals surface area contributed by atoms with E-state index in [0.29, 0.717) is 0 Å². The molecule has 0 bridgehead atoms. The second kappa shape index (κ2) is 4.71. The number of rotatable bonds is 4. The van der Waals surface area contributed by atoms with Gasteiger partial charge in [0.15, 0.2) is 5.69 Å². The lowest BCUT2D eigenvalue weighted by Gasteiger charge is -2.03. The summed E-state index contributed by atoms with van der Waals surface area (Å²) in [6.07, 6.45) is -1.01. The standard InChI is InChI=1S/C9H8F3N5O2/c10-9(11,12)8-1-2-15(14-8)3-4-16-6-7(5-13-16)17(18)19/h1-2,5-6H,3-4H2. The Morgan fingerprint density at radius 2 is 2.00 bits per heavy atom. The first-order valence-electron chi connectivity index (χ1n) is 5.14. The Morgan fingerprint density at radius 1 is 1.32 bits per heavy atom. The highest BCUT2D eigenvalue weighted by molar-refractivity contribution is 5.20. The van der Waals surface area contributed by atoms with Crippen molar-refractivity contribution < 1.29 is 18.1 Å². The van der Waals surface area contributed by atoms with E-state index in [1.165, 1.54) is 17.1 Å². The monoisotopic (exact) mass is 275 g/mol. The van der Waals surface area contributed by atoms with Crippen LogP contribution in [0.2, 0.25) is 0 Å². The Hall–Kier alpha value is -2.39. The van der Waals surface area contributed by atoms with Crippen LogP contribution >= 0.6 is 0 Å². The molecular formula is C9H8F3N5O2. The van der Waals surface area contributed by atoms with Gasteiger partial charge in [0, 0.05) is 6.20 Å². The van der Waals surface area contributed by atoms with Crippen LogP contribution in [0.15, 0.2) is 24.7 Å². The van der Waals surface area contributed by atoms with Crippen LogP contribution in [0, 0.1) is 10.1 Å². The van der Waals surface area contributed by atoms with E-state index in [-0.39, 0.29) is 18.8 Å². The normalized spacial score (nSPS) is 11.7. The van der Waals surface area contributed by atoms with Crippen LogP contribution in [0.3, 0.4) is 0 Å². The van der Waals surface area contributed by atoms with Crippen molar-refractivity contribution in [2.24, 2.45) is 0 Å². The third-order valence-corrected chi connectivity index (χ3v) is 2.32. The van der Waals surface area contributed by atoms with Crippen LogP contribution in [0.5, 0.6) is 0 Å². The lowest BCUT2D eigenvalue weighted by molar-refractivity contribution is -0.385. The van der Waals surface area contributed by atoms with Crippen LogP contribution in [-0.2, 0) is 19.3 Å². The third kappa shape index (κ3) is 3.09. The maximum Gasteiger partial charge on any atom is 0.435 e. The molecule has 0 aliphatic rings. The van der Waals surface area contributed by atoms with Gasteiger partial charge in [-0.05, 0) is 6.07 Å². The third-order valence-electron chi connectivity index (χ3n) is 2.32. The quantitative estimate of drug-likeness (QED) is 0.628. The van der Waals surface area contributed by atoms with Crippen molar-refractivity contribution in [3.63, 3.8) is 0 Å². The molecule has 2 heterocycles. The molecular weight excluding hydrogens is 267 g/mol. The number of aryl methyl sites for hydroxylation is 2. The smallest absolute Gasteiger partial charge is 0.270 e. The molecule has 0 N–H and O–H groups in total. The number of halogens is 3. The zero-order valence-electron chi connectivity index (χ0n) is 9.41. The number of nitrogens with zero attached hydrogens (tertiary/aromatic N) is 5. The number of nitro groups is 1. The Morgan fingerprint density at radius 3 is 2.53 bits per heavy atom. The molecule has 0 radical (unpaired) electrons. The van der Waals surface area contributed by atoms with E-state index in [4.69, 9.17) is 0 Å². The van der Waals surface area contributed by atoms with Crippen LogP contribution in [-0.4, -0.2) is 24.5 Å². The van der Waals surface area contributed by atoms with Crippen molar-refractivity contribution in [3.05, 3.63) is 40.5 Å². The minimum absolute atomic E-state index is 0.134. The van der Waals surface area contributed by atoms with E-state index in [2.05, 4.69) is 10.2 Å². The first kappa shape index (κ1) is 13.1. The lowest BCUT2D eigenvalue weighted by atomic mass is 10.4. The molecule has 7 nitrogen and oxygen atoms in total. The molecule has 102 valence electrons. The van der Waals surface area contributed by atoms with Gasteiger partial charge < -0.3 is 0 Å². The number of hydrogen-bond donors (Lipinski definition) is 0. The summed E-state index contributed by atoms with van der Waals surface area (Å²) < 4.78 is 39.2. The van der Waals surface area contributed by atoms with Crippen molar-refractivity contribution in [1.82, 2.24) is 19.6 Å². The maximum atomic E-state index is 12.3. The van der Waals surface area contributed by atoms with Gasteiger partial charge in [-0.25, -0.2) is 0 Å². The molecule has 10 heteroatoms. The Balaban J connectivity index is 1.98. The van der Waals surface area contributed by atoms with Gasteiger partial charge in [-0.2, -0.15) is 23.4 Å². The summed E-state index contributed by atoms with van der Waals surface area (Å²) in [7, 11) is 0.